The first-order valence-corrected chi connectivity index (χ1v) is 8.43. The van der Waals surface area contributed by atoms with Crippen LogP contribution in [0.5, 0.6) is 0 Å². The second kappa shape index (κ2) is 7.74. The molecule has 0 unspecified atom stereocenters. The van der Waals surface area contributed by atoms with E-state index >= 15 is 0 Å². The van der Waals surface area contributed by atoms with Crippen molar-refractivity contribution >= 4 is 29.0 Å². The van der Waals surface area contributed by atoms with Gasteiger partial charge in [-0.25, -0.2) is 0 Å². The van der Waals surface area contributed by atoms with Crippen molar-refractivity contribution in [2.24, 2.45) is 0 Å². The van der Waals surface area contributed by atoms with E-state index in [1.165, 1.54) is 12.1 Å². The molecule has 9 nitrogen and oxygen atoms in total. The molecule has 0 spiro atoms. The number of hydrogen-bond acceptors (Lipinski definition) is 8. The van der Waals surface area contributed by atoms with E-state index in [0.717, 1.165) is 17.3 Å². The molecular formula is C16H13N5O4S. The maximum absolute atomic E-state index is 12.1. The zero-order chi connectivity index (χ0) is 18.5. The number of anilines is 1. The molecule has 1 aromatic carbocycles. The van der Waals surface area contributed by atoms with Gasteiger partial charge in [0.1, 0.15) is 0 Å². The fourth-order valence-corrected chi connectivity index (χ4v) is 2.61. The molecule has 26 heavy (non-hydrogen) atoms. The lowest BCUT2D eigenvalue weighted by molar-refractivity contribution is -0.384. The van der Waals surface area contributed by atoms with Crippen LogP contribution in [0.3, 0.4) is 0 Å². The van der Waals surface area contributed by atoms with Crippen LogP contribution in [-0.4, -0.2) is 31.8 Å². The highest BCUT2D eigenvalue weighted by atomic mass is 32.2. The number of aromatic nitrogens is 3. The van der Waals surface area contributed by atoms with Gasteiger partial charge in [-0.2, -0.15) is 0 Å². The third-order valence-electron chi connectivity index (χ3n) is 3.35. The molecule has 0 fully saturated rings. The molecule has 0 radical (unpaired) electrons. The Balaban J connectivity index is 1.61. The summed E-state index contributed by atoms with van der Waals surface area (Å²) in [6.45, 7) is 1.75. The molecule has 1 amide bonds. The smallest absolute Gasteiger partial charge is 0.277 e. The molecule has 0 atom stereocenters. The van der Waals surface area contributed by atoms with Gasteiger partial charge in [0.15, 0.2) is 0 Å². The summed E-state index contributed by atoms with van der Waals surface area (Å²) in [5.74, 6) is 0.00633. The fraction of sp³-hybridized carbons (Fsp3) is 0.125. The van der Waals surface area contributed by atoms with E-state index in [9.17, 15) is 14.9 Å². The second-order valence-corrected chi connectivity index (χ2v) is 6.13. The number of nitro benzene ring substituents is 1. The summed E-state index contributed by atoms with van der Waals surface area (Å²) in [4.78, 5) is 26.4. The molecule has 3 aromatic rings. The fourth-order valence-electron chi connectivity index (χ4n) is 2.05. The van der Waals surface area contributed by atoms with Gasteiger partial charge in [-0.05, 0) is 24.6 Å². The Morgan fingerprint density at radius 3 is 2.92 bits per heavy atom. The molecule has 3 rings (SSSR count). The molecular weight excluding hydrogens is 358 g/mol. The van der Waals surface area contributed by atoms with Crippen LogP contribution in [0.15, 0.2) is 52.4 Å². The number of amides is 1. The van der Waals surface area contributed by atoms with Crippen molar-refractivity contribution in [2.45, 2.75) is 12.1 Å². The summed E-state index contributed by atoms with van der Waals surface area (Å²) < 4.78 is 5.48. The summed E-state index contributed by atoms with van der Waals surface area (Å²) >= 11 is 1.07. The summed E-state index contributed by atoms with van der Waals surface area (Å²) in [7, 11) is 0. The van der Waals surface area contributed by atoms with E-state index in [1.54, 1.807) is 37.5 Å². The minimum absolute atomic E-state index is 0.0246. The van der Waals surface area contributed by atoms with Gasteiger partial charge >= 0.3 is 0 Å². The standard InChI is InChI=1S/C16H13N5O4S/c1-10-4-5-12(21(23)24)7-13(10)18-14(22)9-26-16-20-19-15(25-16)11-3-2-6-17-8-11/h2-8H,9H2,1H3,(H,18,22). The van der Waals surface area contributed by atoms with E-state index in [2.05, 4.69) is 20.5 Å². The quantitative estimate of drug-likeness (QED) is 0.398. The van der Waals surface area contributed by atoms with Gasteiger partial charge < -0.3 is 9.73 Å². The van der Waals surface area contributed by atoms with Gasteiger partial charge in [0, 0.05) is 24.5 Å². The van der Waals surface area contributed by atoms with Crippen molar-refractivity contribution in [1.82, 2.24) is 15.2 Å². The molecule has 0 saturated carbocycles. The van der Waals surface area contributed by atoms with E-state index in [4.69, 9.17) is 4.42 Å². The predicted octanol–water partition coefficient (Wildman–Crippen LogP) is 3.08. The Bertz CT molecular complexity index is 945. The van der Waals surface area contributed by atoms with E-state index in [0.29, 0.717) is 17.1 Å². The van der Waals surface area contributed by atoms with E-state index in [-0.39, 0.29) is 22.6 Å². The zero-order valence-corrected chi connectivity index (χ0v) is 14.4. The molecule has 2 aromatic heterocycles. The number of aryl methyl sites for hydroxylation is 1. The molecule has 2 heterocycles. The van der Waals surface area contributed by atoms with Gasteiger partial charge in [-0.15, -0.1) is 10.2 Å². The van der Waals surface area contributed by atoms with Crippen molar-refractivity contribution < 1.29 is 14.1 Å². The van der Waals surface area contributed by atoms with Crippen LogP contribution >= 0.6 is 11.8 Å². The molecule has 0 saturated heterocycles. The Labute approximate surface area is 152 Å². The summed E-state index contributed by atoms with van der Waals surface area (Å²) in [5, 5.41) is 21.5. The molecule has 0 aliphatic rings. The highest BCUT2D eigenvalue weighted by Gasteiger charge is 2.14. The zero-order valence-electron chi connectivity index (χ0n) is 13.6. The molecule has 132 valence electrons. The number of non-ortho nitro benzene ring substituents is 1. The van der Waals surface area contributed by atoms with Crippen LogP contribution in [0.25, 0.3) is 11.5 Å². The van der Waals surface area contributed by atoms with Crippen LogP contribution in [0.4, 0.5) is 11.4 Å². The van der Waals surface area contributed by atoms with Gasteiger partial charge in [0.25, 0.3) is 10.9 Å². The molecule has 1 N–H and O–H groups in total. The van der Waals surface area contributed by atoms with Crippen LogP contribution in [-0.2, 0) is 4.79 Å². The summed E-state index contributed by atoms with van der Waals surface area (Å²) in [5.41, 5.74) is 1.72. The van der Waals surface area contributed by atoms with Crippen molar-refractivity contribution in [3.63, 3.8) is 0 Å². The van der Waals surface area contributed by atoms with Crippen LogP contribution in [0.1, 0.15) is 5.56 Å². The maximum atomic E-state index is 12.1. The number of pyridine rings is 1. The van der Waals surface area contributed by atoms with Gasteiger partial charge in [-0.3, -0.25) is 19.9 Å². The lowest BCUT2D eigenvalue weighted by atomic mass is 10.2. The minimum atomic E-state index is -0.512. The number of thioether (sulfide) groups is 1. The Morgan fingerprint density at radius 2 is 2.19 bits per heavy atom. The SMILES string of the molecule is Cc1ccc([N+](=O)[O-])cc1NC(=O)CSc1nnc(-c2cccnc2)o1. The van der Waals surface area contributed by atoms with Gasteiger partial charge in [0.2, 0.25) is 11.8 Å². The normalized spacial score (nSPS) is 10.5. The van der Waals surface area contributed by atoms with Crippen LogP contribution < -0.4 is 5.32 Å². The Hall–Kier alpha value is -3.27. The molecule has 10 heteroatoms. The third-order valence-corrected chi connectivity index (χ3v) is 4.17. The number of carbonyl (C=O) groups is 1. The number of hydrogen-bond donors (Lipinski definition) is 1. The number of nitro groups is 1. The van der Waals surface area contributed by atoms with E-state index in [1.807, 2.05) is 0 Å². The first-order chi connectivity index (χ1) is 12.5. The lowest BCUT2D eigenvalue weighted by Crippen LogP contribution is -2.15. The number of nitrogens with one attached hydrogen (secondary N) is 1. The number of nitrogens with zero attached hydrogens (tertiary/aromatic N) is 4. The number of benzene rings is 1. The van der Waals surface area contributed by atoms with Gasteiger partial charge in [0.05, 0.1) is 21.9 Å². The van der Waals surface area contributed by atoms with Gasteiger partial charge in [-0.1, -0.05) is 17.8 Å². The van der Waals surface area contributed by atoms with Crippen LogP contribution in [0.2, 0.25) is 0 Å². The van der Waals surface area contributed by atoms with Crippen LogP contribution in [0, 0.1) is 17.0 Å². The largest absolute Gasteiger partial charge is 0.411 e. The third kappa shape index (κ3) is 4.22. The molecule has 0 bridgehead atoms. The highest BCUT2D eigenvalue weighted by molar-refractivity contribution is 7.99. The highest BCUT2D eigenvalue weighted by Crippen LogP contribution is 2.24. The lowest BCUT2D eigenvalue weighted by Gasteiger charge is -2.07. The number of carbonyl (C=O) groups excluding carboxylic acids is 1. The Morgan fingerprint density at radius 1 is 1.35 bits per heavy atom. The first-order valence-electron chi connectivity index (χ1n) is 7.44. The maximum Gasteiger partial charge on any atom is 0.277 e. The molecule has 0 aliphatic carbocycles. The average molecular weight is 371 g/mol. The Kier molecular flexibility index (Phi) is 5.23. The second-order valence-electron chi connectivity index (χ2n) is 5.21. The first kappa shape index (κ1) is 17.5. The number of rotatable bonds is 6. The topological polar surface area (TPSA) is 124 Å². The summed E-state index contributed by atoms with van der Waals surface area (Å²) in [6.07, 6.45) is 3.23. The van der Waals surface area contributed by atoms with Crippen molar-refractivity contribution in [2.75, 3.05) is 11.1 Å². The predicted molar refractivity (Wildman–Crippen MR) is 94.7 cm³/mol. The van der Waals surface area contributed by atoms with Crippen molar-refractivity contribution in [1.29, 1.82) is 0 Å². The minimum Gasteiger partial charge on any atom is -0.411 e. The van der Waals surface area contributed by atoms with Crippen molar-refractivity contribution in [3.8, 4) is 11.5 Å². The van der Waals surface area contributed by atoms with E-state index < -0.39 is 4.92 Å². The summed E-state index contributed by atoms with van der Waals surface area (Å²) in [6, 6.07) is 7.83. The van der Waals surface area contributed by atoms with Crippen molar-refractivity contribution in [3.05, 3.63) is 58.4 Å². The molecule has 0 aliphatic heterocycles. The monoisotopic (exact) mass is 371 g/mol. The average Bonchev–Trinajstić information content (AvgIpc) is 3.11.